The molecule has 0 aromatic carbocycles. The van der Waals surface area contributed by atoms with E-state index in [0.717, 1.165) is 16.7 Å². The summed E-state index contributed by atoms with van der Waals surface area (Å²) >= 11 is 0. The highest BCUT2D eigenvalue weighted by atomic mass is 16.1. The molecule has 0 radical (unpaired) electrons. The number of fused-ring (bicyclic) bond motifs is 1. The van der Waals surface area contributed by atoms with Gasteiger partial charge in [0.25, 0.3) is 5.91 Å². The van der Waals surface area contributed by atoms with Crippen LogP contribution in [0.4, 0.5) is 0 Å². The second-order valence-electron chi connectivity index (χ2n) is 4.30. The molecule has 0 saturated carbocycles. The topological polar surface area (TPSA) is 59.8 Å². The van der Waals surface area contributed by atoms with Crippen molar-refractivity contribution in [3.8, 4) is 0 Å². The summed E-state index contributed by atoms with van der Waals surface area (Å²) in [5.41, 5.74) is 2.15. The van der Waals surface area contributed by atoms with E-state index < -0.39 is 0 Å². The number of hydrogen-bond acceptors (Lipinski definition) is 3. The molecule has 2 rings (SSSR count). The van der Waals surface area contributed by atoms with Gasteiger partial charge in [0.15, 0.2) is 5.65 Å². The number of hydrogen-bond donors (Lipinski definition) is 1. The van der Waals surface area contributed by atoms with Crippen LogP contribution in [-0.2, 0) is 0 Å². The number of carbonyl (C=O) groups is 1. The zero-order valence-electron chi connectivity index (χ0n) is 10.5. The number of aryl methyl sites for hydroxylation is 1. The Bertz CT molecular complexity index is 571. The molecule has 0 fully saturated rings. The molecule has 0 unspecified atom stereocenters. The zero-order valence-corrected chi connectivity index (χ0v) is 10.5. The summed E-state index contributed by atoms with van der Waals surface area (Å²) in [5, 5.41) is 7.79. The zero-order chi connectivity index (χ0) is 12.6. The first kappa shape index (κ1) is 11.6. The van der Waals surface area contributed by atoms with Crippen molar-refractivity contribution in [3.05, 3.63) is 23.5 Å². The molecule has 17 heavy (non-hydrogen) atoms. The molecule has 0 spiro atoms. The van der Waals surface area contributed by atoms with Crippen molar-refractivity contribution in [2.24, 2.45) is 0 Å². The van der Waals surface area contributed by atoms with Crippen molar-refractivity contribution >= 4 is 16.9 Å². The van der Waals surface area contributed by atoms with Gasteiger partial charge in [-0.15, -0.1) is 0 Å². The van der Waals surface area contributed by atoms with Gasteiger partial charge in [-0.05, 0) is 26.8 Å². The second kappa shape index (κ2) is 4.16. The minimum Gasteiger partial charge on any atom is -0.355 e. The third-order valence-electron chi connectivity index (χ3n) is 2.72. The Hall–Kier alpha value is -1.91. The molecule has 1 amide bonds. The van der Waals surface area contributed by atoms with Crippen LogP contribution < -0.4 is 5.32 Å². The maximum Gasteiger partial charge on any atom is 0.252 e. The fourth-order valence-corrected chi connectivity index (χ4v) is 1.81. The number of pyridine rings is 1. The van der Waals surface area contributed by atoms with E-state index in [-0.39, 0.29) is 11.9 Å². The molecule has 5 nitrogen and oxygen atoms in total. The maximum absolute atomic E-state index is 11.6. The lowest BCUT2D eigenvalue weighted by atomic mass is 10.1. The Balaban J connectivity index is 2.64. The fraction of sp³-hybridized carbons (Fsp3) is 0.417. The lowest BCUT2D eigenvalue weighted by Crippen LogP contribution is -2.19. The maximum atomic E-state index is 11.6. The van der Waals surface area contributed by atoms with Crippen molar-refractivity contribution < 1.29 is 4.79 Å². The first-order valence-electron chi connectivity index (χ1n) is 5.61. The number of rotatable bonds is 2. The highest BCUT2D eigenvalue weighted by Gasteiger charge is 2.13. The highest BCUT2D eigenvalue weighted by Crippen LogP contribution is 2.19. The standard InChI is InChI=1S/C12H16N4O/c1-7(2)16-11-9(6-14-16)5-10(8(3)15-11)12(17)13-4/h5-7H,1-4H3,(H,13,17). The molecule has 0 saturated heterocycles. The van der Waals surface area contributed by atoms with Crippen LogP contribution in [0.15, 0.2) is 12.3 Å². The third kappa shape index (κ3) is 1.88. The van der Waals surface area contributed by atoms with Crippen LogP contribution >= 0.6 is 0 Å². The monoisotopic (exact) mass is 232 g/mol. The summed E-state index contributed by atoms with van der Waals surface area (Å²) in [6.07, 6.45) is 1.74. The second-order valence-corrected chi connectivity index (χ2v) is 4.30. The Morgan fingerprint density at radius 2 is 2.18 bits per heavy atom. The largest absolute Gasteiger partial charge is 0.355 e. The van der Waals surface area contributed by atoms with Crippen LogP contribution in [0.25, 0.3) is 11.0 Å². The van der Waals surface area contributed by atoms with Crippen molar-refractivity contribution in [3.63, 3.8) is 0 Å². The highest BCUT2D eigenvalue weighted by molar-refractivity contribution is 5.98. The molecule has 2 heterocycles. The minimum atomic E-state index is -0.116. The van der Waals surface area contributed by atoms with Gasteiger partial charge in [0.1, 0.15) is 0 Å². The van der Waals surface area contributed by atoms with Gasteiger partial charge in [-0.1, -0.05) is 0 Å². The molecule has 0 bridgehead atoms. The summed E-state index contributed by atoms with van der Waals surface area (Å²) in [5.74, 6) is -0.116. The number of nitrogens with zero attached hydrogens (tertiary/aromatic N) is 3. The fourth-order valence-electron chi connectivity index (χ4n) is 1.81. The summed E-state index contributed by atoms with van der Waals surface area (Å²) in [6.45, 7) is 5.94. The van der Waals surface area contributed by atoms with Gasteiger partial charge in [-0.25, -0.2) is 9.67 Å². The van der Waals surface area contributed by atoms with Gasteiger partial charge in [0, 0.05) is 18.5 Å². The molecule has 0 aliphatic rings. The lowest BCUT2D eigenvalue weighted by molar-refractivity contribution is 0.0962. The number of amides is 1. The summed E-state index contributed by atoms with van der Waals surface area (Å²) < 4.78 is 1.86. The van der Waals surface area contributed by atoms with E-state index in [4.69, 9.17) is 0 Å². The number of nitrogens with one attached hydrogen (secondary N) is 1. The Morgan fingerprint density at radius 1 is 1.47 bits per heavy atom. The smallest absolute Gasteiger partial charge is 0.252 e. The van der Waals surface area contributed by atoms with Crippen LogP contribution in [0.1, 0.15) is 35.9 Å². The van der Waals surface area contributed by atoms with Crippen LogP contribution in [0.3, 0.4) is 0 Å². The van der Waals surface area contributed by atoms with Gasteiger partial charge in [0.2, 0.25) is 0 Å². The first-order chi connectivity index (χ1) is 8.04. The lowest BCUT2D eigenvalue weighted by Gasteiger charge is -2.08. The Kier molecular flexibility index (Phi) is 2.83. The Labute approximate surface area is 99.8 Å². The first-order valence-corrected chi connectivity index (χ1v) is 5.61. The van der Waals surface area contributed by atoms with Crippen molar-refractivity contribution in [2.45, 2.75) is 26.8 Å². The minimum absolute atomic E-state index is 0.116. The number of carbonyl (C=O) groups excluding carboxylic acids is 1. The predicted molar refractivity (Wildman–Crippen MR) is 66.0 cm³/mol. The Morgan fingerprint density at radius 3 is 2.76 bits per heavy atom. The molecular weight excluding hydrogens is 216 g/mol. The van der Waals surface area contributed by atoms with Gasteiger partial charge in [-0.2, -0.15) is 5.10 Å². The van der Waals surface area contributed by atoms with Crippen molar-refractivity contribution in [1.29, 1.82) is 0 Å². The molecule has 0 aliphatic carbocycles. The van der Waals surface area contributed by atoms with E-state index in [1.165, 1.54) is 0 Å². The van der Waals surface area contributed by atoms with Crippen molar-refractivity contribution in [1.82, 2.24) is 20.1 Å². The van der Waals surface area contributed by atoms with Crippen LogP contribution in [0, 0.1) is 6.92 Å². The average Bonchev–Trinajstić information content (AvgIpc) is 2.69. The van der Waals surface area contributed by atoms with Crippen molar-refractivity contribution in [2.75, 3.05) is 7.05 Å². The molecule has 90 valence electrons. The van der Waals surface area contributed by atoms with Crippen LogP contribution in [0.2, 0.25) is 0 Å². The SMILES string of the molecule is CNC(=O)c1cc2cnn(C(C)C)c2nc1C. The molecule has 2 aromatic rings. The summed E-state index contributed by atoms with van der Waals surface area (Å²) in [6, 6.07) is 2.09. The molecule has 2 aromatic heterocycles. The molecule has 0 atom stereocenters. The van der Waals surface area contributed by atoms with E-state index in [1.54, 1.807) is 13.2 Å². The van der Waals surface area contributed by atoms with Gasteiger partial charge in [-0.3, -0.25) is 4.79 Å². The molecule has 0 aliphatic heterocycles. The van der Waals surface area contributed by atoms with E-state index >= 15 is 0 Å². The normalized spacial score (nSPS) is 11.1. The number of aromatic nitrogens is 3. The van der Waals surface area contributed by atoms with Gasteiger partial charge in [0.05, 0.1) is 17.5 Å². The molecule has 1 N–H and O–H groups in total. The average molecular weight is 232 g/mol. The van der Waals surface area contributed by atoms with E-state index in [9.17, 15) is 4.79 Å². The third-order valence-corrected chi connectivity index (χ3v) is 2.72. The summed E-state index contributed by atoms with van der Waals surface area (Å²) in [7, 11) is 1.61. The van der Waals surface area contributed by atoms with E-state index in [1.807, 2.05) is 17.7 Å². The predicted octanol–water partition coefficient (Wildman–Crippen LogP) is 1.68. The van der Waals surface area contributed by atoms with Gasteiger partial charge >= 0.3 is 0 Å². The quantitative estimate of drug-likeness (QED) is 0.857. The molecular formula is C12H16N4O. The van der Waals surface area contributed by atoms with E-state index in [0.29, 0.717) is 5.56 Å². The van der Waals surface area contributed by atoms with Gasteiger partial charge < -0.3 is 5.32 Å². The van der Waals surface area contributed by atoms with E-state index in [2.05, 4.69) is 29.2 Å². The molecule has 5 heteroatoms. The van der Waals surface area contributed by atoms with Crippen LogP contribution in [-0.4, -0.2) is 27.7 Å². The summed E-state index contributed by atoms with van der Waals surface area (Å²) in [4.78, 5) is 16.1. The van der Waals surface area contributed by atoms with Crippen LogP contribution in [0.5, 0.6) is 0 Å².